The van der Waals surface area contributed by atoms with Crippen molar-refractivity contribution in [3.63, 3.8) is 0 Å². The molecule has 0 aliphatic rings. The number of hydrogen-bond acceptors (Lipinski definition) is 3. The van der Waals surface area contributed by atoms with Crippen molar-refractivity contribution in [3.8, 4) is 5.75 Å². The molecule has 0 saturated carbocycles. The van der Waals surface area contributed by atoms with Crippen LogP contribution in [0.25, 0.3) is 0 Å². The predicted molar refractivity (Wildman–Crippen MR) is 62.6 cm³/mol. The molecule has 1 atom stereocenters. The molecule has 1 heterocycles. The summed E-state index contributed by atoms with van der Waals surface area (Å²) in [4.78, 5) is 15.4. The monoisotopic (exact) mass is 242 g/mol. The lowest BCUT2D eigenvalue weighted by Gasteiger charge is -2.16. The zero-order valence-electron chi connectivity index (χ0n) is 9.53. The number of ether oxygens (including phenoxy) is 1. The molecule has 1 unspecified atom stereocenters. The zero-order valence-corrected chi connectivity index (χ0v) is 10.3. The SMILES string of the molecule is CC(C)NC(=O)C(C)Oc1ccc(Cl)nc1. The Morgan fingerprint density at radius 1 is 1.44 bits per heavy atom. The van der Waals surface area contributed by atoms with E-state index in [4.69, 9.17) is 16.3 Å². The zero-order chi connectivity index (χ0) is 12.1. The van der Waals surface area contributed by atoms with E-state index < -0.39 is 6.10 Å². The van der Waals surface area contributed by atoms with Gasteiger partial charge in [-0.25, -0.2) is 4.98 Å². The van der Waals surface area contributed by atoms with E-state index in [1.165, 1.54) is 6.20 Å². The van der Waals surface area contributed by atoms with Crippen LogP contribution in [0, 0.1) is 0 Å². The van der Waals surface area contributed by atoms with Gasteiger partial charge in [0.1, 0.15) is 10.9 Å². The van der Waals surface area contributed by atoms with Crippen LogP contribution in [-0.4, -0.2) is 23.0 Å². The summed E-state index contributed by atoms with van der Waals surface area (Å²) in [5.74, 6) is 0.376. The molecule has 1 aromatic heterocycles. The van der Waals surface area contributed by atoms with E-state index in [1.54, 1.807) is 19.1 Å². The van der Waals surface area contributed by atoms with Crippen LogP contribution < -0.4 is 10.1 Å². The quantitative estimate of drug-likeness (QED) is 0.822. The van der Waals surface area contributed by atoms with Gasteiger partial charge in [0.05, 0.1) is 6.20 Å². The average Bonchev–Trinajstić information content (AvgIpc) is 2.20. The van der Waals surface area contributed by atoms with Gasteiger partial charge in [-0.3, -0.25) is 4.79 Å². The Kier molecular flexibility index (Phi) is 4.55. The third-order valence-corrected chi connectivity index (χ3v) is 2.04. The molecular weight excluding hydrogens is 228 g/mol. The van der Waals surface area contributed by atoms with Crippen LogP contribution in [0.2, 0.25) is 5.15 Å². The van der Waals surface area contributed by atoms with Gasteiger partial charge in [0.2, 0.25) is 0 Å². The number of halogens is 1. The number of aromatic nitrogens is 1. The Labute approximate surface area is 100.0 Å². The first-order chi connectivity index (χ1) is 7.49. The number of nitrogens with one attached hydrogen (secondary N) is 1. The smallest absolute Gasteiger partial charge is 0.260 e. The summed E-state index contributed by atoms with van der Waals surface area (Å²) in [5.41, 5.74) is 0. The van der Waals surface area contributed by atoms with Crippen molar-refractivity contribution in [1.82, 2.24) is 10.3 Å². The van der Waals surface area contributed by atoms with Crippen LogP contribution in [0.3, 0.4) is 0 Å². The first-order valence-electron chi connectivity index (χ1n) is 5.07. The number of carbonyl (C=O) groups is 1. The van der Waals surface area contributed by atoms with Gasteiger partial charge in [0, 0.05) is 6.04 Å². The average molecular weight is 243 g/mol. The number of pyridine rings is 1. The molecule has 88 valence electrons. The van der Waals surface area contributed by atoms with Gasteiger partial charge in [-0.2, -0.15) is 0 Å². The van der Waals surface area contributed by atoms with E-state index >= 15 is 0 Å². The van der Waals surface area contributed by atoms with E-state index in [9.17, 15) is 4.79 Å². The third-order valence-electron chi connectivity index (χ3n) is 1.81. The molecule has 0 radical (unpaired) electrons. The van der Waals surface area contributed by atoms with Crippen molar-refractivity contribution in [2.75, 3.05) is 0 Å². The van der Waals surface area contributed by atoms with Gasteiger partial charge in [-0.05, 0) is 32.9 Å². The lowest BCUT2D eigenvalue weighted by molar-refractivity contribution is -0.127. The van der Waals surface area contributed by atoms with Crippen molar-refractivity contribution in [2.45, 2.75) is 32.9 Å². The van der Waals surface area contributed by atoms with Gasteiger partial charge < -0.3 is 10.1 Å². The molecule has 0 aromatic carbocycles. The summed E-state index contributed by atoms with van der Waals surface area (Å²) in [5, 5.41) is 3.16. The first kappa shape index (κ1) is 12.8. The number of amides is 1. The summed E-state index contributed by atoms with van der Waals surface area (Å²) in [6.45, 7) is 5.48. The van der Waals surface area contributed by atoms with E-state index in [1.807, 2.05) is 13.8 Å². The normalized spacial score (nSPS) is 12.3. The lowest BCUT2D eigenvalue weighted by Crippen LogP contribution is -2.40. The van der Waals surface area contributed by atoms with E-state index in [0.29, 0.717) is 10.9 Å². The standard InChI is InChI=1S/C11H15ClN2O2/c1-7(2)14-11(15)8(3)16-9-4-5-10(12)13-6-9/h4-8H,1-3H3,(H,14,15). The number of rotatable bonds is 4. The Balaban J connectivity index is 2.53. The molecule has 1 aromatic rings. The van der Waals surface area contributed by atoms with Gasteiger partial charge in [0.15, 0.2) is 6.10 Å². The molecule has 4 nitrogen and oxygen atoms in total. The number of hydrogen-bond donors (Lipinski definition) is 1. The summed E-state index contributed by atoms with van der Waals surface area (Å²) >= 11 is 5.63. The third kappa shape index (κ3) is 4.06. The first-order valence-corrected chi connectivity index (χ1v) is 5.45. The molecule has 5 heteroatoms. The van der Waals surface area contributed by atoms with Crippen LogP contribution in [-0.2, 0) is 4.79 Å². The van der Waals surface area contributed by atoms with E-state index in [0.717, 1.165) is 0 Å². The summed E-state index contributed by atoms with van der Waals surface area (Å²) in [6, 6.07) is 3.39. The minimum absolute atomic E-state index is 0.0990. The fourth-order valence-electron chi connectivity index (χ4n) is 1.09. The molecule has 0 spiro atoms. The Morgan fingerprint density at radius 3 is 2.62 bits per heavy atom. The maximum atomic E-state index is 11.5. The van der Waals surface area contributed by atoms with Crippen LogP contribution in [0.15, 0.2) is 18.3 Å². The second-order valence-electron chi connectivity index (χ2n) is 3.74. The highest BCUT2D eigenvalue weighted by Crippen LogP contribution is 2.13. The van der Waals surface area contributed by atoms with E-state index in [-0.39, 0.29) is 11.9 Å². The second-order valence-corrected chi connectivity index (χ2v) is 4.13. The minimum atomic E-state index is -0.551. The molecule has 1 amide bonds. The van der Waals surface area contributed by atoms with Gasteiger partial charge in [-0.1, -0.05) is 11.6 Å². The van der Waals surface area contributed by atoms with Crippen molar-refractivity contribution >= 4 is 17.5 Å². The highest BCUT2D eigenvalue weighted by molar-refractivity contribution is 6.29. The van der Waals surface area contributed by atoms with Gasteiger partial charge in [0.25, 0.3) is 5.91 Å². The van der Waals surface area contributed by atoms with Gasteiger partial charge in [-0.15, -0.1) is 0 Å². The molecule has 1 N–H and O–H groups in total. The molecule has 0 saturated heterocycles. The molecule has 16 heavy (non-hydrogen) atoms. The molecule has 1 rings (SSSR count). The van der Waals surface area contributed by atoms with Gasteiger partial charge >= 0.3 is 0 Å². The van der Waals surface area contributed by atoms with Crippen molar-refractivity contribution < 1.29 is 9.53 Å². The van der Waals surface area contributed by atoms with Crippen LogP contribution >= 0.6 is 11.6 Å². The van der Waals surface area contributed by atoms with Crippen LogP contribution in [0.1, 0.15) is 20.8 Å². The number of carbonyl (C=O) groups excluding carboxylic acids is 1. The Hall–Kier alpha value is -1.29. The second kappa shape index (κ2) is 5.70. The molecule has 0 aliphatic heterocycles. The maximum Gasteiger partial charge on any atom is 0.260 e. The Morgan fingerprint density at radius 2 is 2.12 bits per heavy atom. The van der Waals surface area contributed by atoms with E-state index in [2.05, 4.69) is 10.3 Å². The number of nitrogens with zero attached hydrogens (tertiary/aromatic N) is 1. The maximum absolute atomic E-state index is 11.5. The van der Waals surface area contributed by atoms with Crippen molar-refractivity contribution in [2.24, 2.45) is 0 Å². The summed E-state index contributed by atoms with van der Waals surface area (Å²) < 4.78 is 5.40. The highest BCUT2D eigenvalue weighted by Gasteiger charge is 2.15. The summed E-state index contributed by atoms with van der Waals surface area (Å²) in [7, 11) is 0. The topological polar surface area (TPSA) is 51.2 Å². The Bertz CT molecular complexity index is 352. The fourth-order valence-corrected chi connectivity index (χ4v) is 1.20. The molecule has 0 fully saturated rings. The lowest BCUT2D eigenvalue weighted by atomic mass is 10.3. The van der Waals surface area contributed by atoms with Crippen LogP contribution in [0.4, 0.5) is 0 Å². The predicted octanol–water partition coefficient (Wildman–Crippen LogP) is 2.03. The molecular formula is C11H15ClN2O2. The molecule has 0 bridgehead atoms. The fraction of sp³-hybridized carbons (Fsp3) is 0.455. The molecule has 0 aliphatic carbocycles. The minimum Gasteiger partial charge on any atom is -0.479 e. The summed E-state index contributed by atoms with van der Waals surface area (Å²) in [6.07, 6.45) is 0.937. The largest absolute Gasteiger partial charge is 0.479 e. The van der Waals surface area contributed by atoms with Crippen molar-refractivity contribution in [1.29, 1.82) is 0 Å². The highest BCUT2D eigenvalue weighted by atomic mass is 35.5. The van der Waals surface area contributed by atoms with Crippen molar-refractivity contribution in [3.05, 3.63) is 23.5 Å². The van der Waals surface area contributed by atoms with Crippen LogP contribution in [0.5, 0.6) is 5.75 Å².